The quantitative estimate of drug-likeness (QED) is 0.258. The van der Waals surface area contributed by atoms with Gasteiger partial charge in [0.25, 0.3) is 11.8 Å². The maximum atomic E-state index is 13.6. The maximum absolute atomic E-state index is 13.6. The van der Waals surface area contributed by atoms with Crippen LogP contribution in [0.5, 0.6) is 0 Å². The van der Waals surface area contributed by atoms with Crippen LogP contribution < -0.4 is 16.4 Å². The summed E-state index contributed by atoms with van der Waals surface area (Å²) < 4.78 is 9.08. The predicted octanol–water partition coefficient (Wildman–Crippen LogP) is 1.54. The van der Waals surface area contributed by atoms with E-state index in [0.29, 0.717) is 17.0 Å². The predicted molar refractivity (Wildman–Crippen MR) is 142 cm³/mol. The number of likely N-dealkylation sites (tertiary alicyclic amines) is 1. The van der Waals surface area contributed by atoms with E-state index in [0.717, 1.165) is 28.0 Å². The zero-order chi connectivity index (χ0) is 27.5. The number of benzene rings is 1. The third-order valence-corrected chi connectivity index (χ3v) is 7.68. The summed E-state index contributed by atoms with van der Waals surface area (Å²) in [6, 6.07) is 8.32. The van der Waals surface area contributed by atoms with Crippen LogP contribution in [0.1, 0.15) is 44.3 Å². The molecule has 0 saturated carbocycles. The van der Waals surface area contributed by atoms with Crippen LogP contribution in [0, 0.1) is 6.92 Å². The lowest BCUT2D eigenvalue weighted by molar-refractivity contribution is -0.131. The number of piperidine rings is 1. The molecule has 1 aliphatic heterocycles. The van der Waals surface area contributed by atoms with Crippen molar-refractivity contribution in [2.24, 2.45) is 5.73 Å². The number of amides is 4. The van der Waals surface area contributed by atoms with Crippen LogP contribution in [0.4, 0.5) is 0 Å². The Morgan fingerprint density at radius 3 is 2.77 bits per heavy atom. The van der Waals surface area contributed by atoms with Crippen molar-refractivity contribution in [3.8, 4) is 0 Å². The number of fused-ring (bicyclic) bond motifs is 1. The number of carbonyl (C=O) groups is 4. The molecule has 3 unspecified atom stereocenters. The number of hydrogen-bond acceptors (Lipinski definition) is 8. The van der Waals surface area contributed by atoms with Crippen LogP contribution in [-0.4, -0.2) is 67.8 Å². The van der Waals surface area contributed by atoms with E-state index in [9.17, 15) is 19.2 Å². The Balaban J connectivity index is 1.35. The molecular formula is C26H27N7O5S. The van der Waals surface area contributed by atoms with E-state index in [1.165, 1.54) is 17.2 Å². The molecule has 0 spiro atoms. The molecule has 4 heterocycles. The molecule has 0 aliphatic carbocycles. The van der Waals surface area contributed by atoms with Crippen molar-refractivity contribution >= 4 is 46.1 Å². The van der Waals surface area contributed by atoms with Crippen LogP contribution in [0.3, 0.4) is 0 Å². The van der Waals surface area contributed by atoms with E-state index in [4.69, 9.17) is 10.2 Å². The fourth-order valence-electron chi connectivity index (χ4n) is 4.83. The number of nitrogens with one attached hydrogen (secondary N) is 3. The van der Waals surface area contributed by atoms with Gasteiger partial charge >= 0.3 is 0 Å². The van der Waals surface area contributed by atoms with Gasteiger partial charge in [0.1, 0.15) is 17.0 Å². The summed E-state index contributed by atoms with van der Waals surface area (Å²) in [5.41, 5.74) is 7.91. The number of nitrogens with two attached hydrogens (primary N) is 1. The summed E-state index contributed by atoms with van der Waals surface area (Å²) >= 11 is 0.988. The third kappa shape index (κ3) is 5.53. The number of H-pyrrole nitrogens is 1. The van der Waals surface area contributed by atoms with Crippen LogP contribution in [0.2, 0.25) is 0 Å². The van der Waals surface area contributed by atoms with Gasteiger partial charge in [0.05, 0.1) is 12.0 Å². The molecule has 202 valence electrons. The van der Waals surface area contributed by atoms with Crippen molar-refractivity contribution in [2.75, 3.05) is 6.54 Å². The fraction of sp³-hybridized carbons (Fsp3) is 0.308. The molecule has 3 atom stereocenters. The summed E-state index contributed by atoms with van der Waals surface area (Å²) in [5, 5.41) is 10.5. The average Bonchev–Trinajstić information content (AvgIpc) is 3.69. The van der Waals surface area contributed by atoms with Crippen molar-refractivity contribution in [1.82, 2.24) is 30.1 Å². The smallest absolute Gasteiger partial charge is 0.290 e. The molecule has 1 saturated heterocycles. The summed E-state index contributed by atoms with van der Waals surface area (Å²) in [6.07, 6.45) is 3.88. The summed E-state index contributed by atoms with van der Waals surface area (Å²) in [5.74, 6) is -1.96. The second kappa shape index (κ2) is 11.1. The Labute approximate surface area is 227 Å². The number of hydrogen-bond donors (Lipinski definition) is 4. The molecule has 3 aromatic heterocycles. The van der Waals surface area contributed by atoms with E-state index in [2.05, 4.69) is 25.2 Å². The minimum absolute atomic E-state index is 0.0897. The summed E-state index contributed by atoms with van der Waals surface area (Å²) in [4.78, 5) is 56.9. The van der Waals surface area contributed by atoms with E-state index < -0.39 is 35.8 Å². The zero-order valence-electron chi connectivity index (χ0n) is 21.0. The summed E-state index contributed by atoms with van der Waals surface area (Å²) in [6.45, 7) is 1.88. The van der Waals surface area contributed by atoms with Gasteiger partial charge in [-0.1, -0.05) is 22.7 Å². The SMILES string of the molecule is Cc1nnsc1C(=O)NC1CCN(C(=O)c2ccco2)C(C(=O)NC(Cc2c[nH]c3ccccc23)C(N)=O)C1. The molecule has 5 rings (SSSR count). The topological polar surface area (TPSA) is 176 Å². The number of aromatic amines is 1. The van der Waals surface area contributed by atoms with E-state index >= 15 is 0 Å². The number of para-hydroxylation sites is 1. The first-order valence-corrected chi connectivity index (χ1v) is 13.2. The molecule has 5 N–H and O–H groups in total. The molecular weight excluding hydrogens is 522 g/mol. The molecule has 1 aromatic carbocycles. The molecule has 1 aliphatic rings. The highest BCUT2D eigenvalue weighted by Crippen LogP contribution is 2.23. The lowest BCUT2D eigenvalue weighted by atomic mass is 9.95. The minimum atomic E-state index is -1.02. The number of rotatable bonds is 8. The highest BCUT2D eigenvalue weighted by atomic mass is 32.1. The van der Waals surface area contributed by atoms with E-state index in [1.54, 1.807) is 19.2 Å². The van der Waals surface area contributed by atoms with Gasteiger partial charge in [-0.15, -0.1) is 5.10 Å². The average molecular weight is 550 g/mol. The maximum Gasteiger partial charge on any atom is 0.290 e. The van der Waals surface area contributed by atoms with Crippen LogP contribution in [0.25, 0.3) is 10.9 Å². The van der Waals surface area contributed by atoms with Crippen molar-refractivity contribution in [3.05, 3.63) is 70.8 Å². The third-order valence-electron chi connectivity index (χ3n) is 6.85. The van der Waals surface area contributed by atoms with Gasteiger partial charge in [-0.25, -0.2) is 0 Å². The van der Waals surface area contributed by atoms with Crippen molar-refractivity contribution in [1.29, 1.82) is 0 Å². The number of carbonyl (C=O) groups excluding carboxylic acids is 4. The van der Waals surface area contributed by atoms with Gasteiger partial charge in [-0.05, 0) is 55.1 Å². The van der Waals surface area contributed by atoms with Crippen molar-refractivity contribution < 1.29 is 23.6 Å². The summed E-state index contributed by atoms with van der Waals surface area (Å²) in [7, 11) is 0. The Morgan fingerprint density at radius 1 is 1.23 bits per heavy atom. The molecule has 0 radical (unpaired) electrons. The highest BCUT2D eigenvalue weighted by molar-refractivity contribution is 7.08. The molecule has 13 heteroatoms. The molecule has 0 bridgehead atoms. The molecule has 4 aromatic rings. The number of furan rings is 1. The van der Waals surface area contributed by atoms with Crippen LogP contribution in [0.15, 0.2) is 53.3 Å². The fourth-order valence-corrected chi connectivity index (χ4v) is 5.39. The Hall–Kier alpha value is -4.52. The van der Waals surface area contributed by atoms with Gasteiger partial charge in [0.15, 0.2) is 5.76 Å². The minimum Gasteiger partial charge on any atom is -0.459 e. The number of aryl methyl sites for hydroxylation is 1. The Kier molecular flexibility index (Phi) is 7.41. The standard InChI is InChI=1S/C26H27N7O5S/c1-14-22(39-32-31-14)25(36)29-16-8-9-33(26(37)21-7-4-10-38-21)20(12-16)24(35)30-19(23(27)34)11-15-13-28-18-6-3-2-5-17(15)18/h2-7,10,13,16,19-20,28H,8-9,11-12H2,1H3,(H2,27,34)(H,29,36)(H,30,35). The molecule has 4 amide bonds. The Bertz CT molecular complexity index is 1510. The van der Waals surface area contributed by atoms with Gasteiger partial charge in [-0.3, -0.25) is 19.2 Å². The lowest BCUT2D eigenvalue weighted by Crippen LogP contribution is -2.59. The molecule has 1 fully saturated rings. The second-order valence-corrected chi connectivity index (χ2v) is 10.2. The van der Waals surface area contributed by atoms with E-state index in [-0.39, 0.29) is 31.1 Å². The number of nitrogens with zero attached hydrogens (tertiary/aromatic N) is 3. The highest BCUT2D eigenvalue weighted by Gasteiger charge is 2.39. The zero-order valence-corrected chi connectivity index (χ0v) is 21.9. The van der Waals surface area contributed by atoms with Gasteiger partial charge in [0.2, 0.25) is 11.8 Å². The first-order chi connectivity index (χ1) is 18.8. The largest absolute Gasteiger partial charge is 0.459 e. The van der Waals surface area contributed by atoms with E-state index in [1.807, 2.05) is 24.3 Å². The number of primary amides is 1. The van der Waals surface area contributed by atoms with Gasteiger partial charge < -0.3 is 30.7 Å². The second-order valence-electron chi connectivity index (χ2n) is 9.40. The first kappa shape index (κ1) is 26.1. The lowest BCUT2D eigenvalue weighted by Gasteiger charge is -2.38. The van der Waals surface area contributed by atoms with Crippen molar-refractivity contribution in [2.45, 2.75) is 44.3 Å². The van der Waals surface area contributed by atoms with Crippen LogP contribution >= 0.6 is 11.5 Å². The van der Waals surface area contributed by atoms with Gasteiger partial charge in [-0.2, -0.15) is 0 Å². The van der Waals surface area contributed by atoms with Crippen LogP contribution in [-0.2, 0) is 16.0 Å². The van der Waals surface area contributed by atoms with Crippen molar-refractivity contribution in [3.63, 3.8) is 0 Å². The monoisotopic (exact) mass is 549 g/mol. The molecule has 12 nitrogen and oxygen atoms in total. The normalized spacial score (nSPS) is 18.0. The van der Waals surface area contributed by atoms with Gasteiger partial charge in [0, 0.05) is 36.1 Å². The number of aromatic nitrogens is 3. The molecule has 39 heavy (non-hydrogen) atoms. The Morgan fingerprint density at radius 2 is 2.05 bits per heavy atom. The first-order valence-electron chi connectivity index (χ1n) is 12.4.